The molecule has 7 nitrogen and oxygen atoms in total. The lowest BCUT2D eigenvalue weighted by molar-refractivity contribution is 0.00408. The molecule has 136 valence electrons. The fourth-order valence-electron chi connectivity index (χ4n) is 1.93. The van der Waals surface area contributed by atoms with E-state index in [1.54, 1.807) is 25.3 Å². The van der Waals surface area contributed by atoms with Crippen LogP contribution in [0, 0.1) is 0 Å². The third-order valence-electron chi connectivity index (χ3n) is 3.16. The summed E-state index contributed by atoms with van der Waals surface area (Å²) in [6.45, 7) is 4.99. The minimum Gasteiger partial charge on any atom is -0.478 e. The van der Waals surface area contributed by atoms with Crippen molar-refractivity contribution in [1.29, 1.82) is 0 Å². The number of carboxylic acid groups (broad SMARTS) is 1. The van der Waals surface area contributed by atoms with E-state index in [-0.39, 0.29) is 0 Å². The second kappa shape index (κ2) is 13.9. The maximum absolute atomic E-state index is 11.1. The smallest absolute Gasteiger partial charge is 0.336 e. The van der Waals surface area contributed by atoms with Gasteiger partial charge in [0.25, 0.3) is 0 Å². The van der Waals surface area contributed by atoms with Crippen molar-refractivity contribution in [3.05, 3.63) is 35.4 Å². The lowest BCUT2D eigenvalue weighted by Gasteiger charge is -2.09. The number of carbonyl (C=O) groups is 1. The summed E-state index contributed by atoms with van der Waals surface area (Å²) in [7, 11) is 1.64. The van der Waals surface area contributed by atoms with Crippen molar-refractivity contribution < 1.29 is 28.8 Å². The second-order valence-electron chi connectivity index (χ2n) is 4.97. The molecule has 0 saturated carbocycles. The molecule has 1 aromatic rings. The minimum atomic E-state index is -0.910. The Morgan fingerprint density at radius 3 is 2.17 bits per heavy atom. The Morgan fingerprint density at radius 2 is 1.54 bits per heavy atom. The Morgan fingerprint density at radius 1 is 0.958 bits per heavy atom. The number of benzene rings is 1. The quantitative estimate of drug-likeness (QED) is 0.463. The van der Waals surface area contributed by atoms with Crippen LogP contribution >= 0.6 is 0 Å². The fraction of sp³-hybridized carbons (Fsp3) is 0.588. The first kappa shape index (κ1) is 20.5. The van der Waals surface area contributed by atoms with Gasteiger partial charge >= 0.3 is 5.97 Å². The molecule has 0 radical (unpaired) electrons. The third-order valence-corrected chi connectivity index (χ3v) is 3.16. The molecule has 0 unspecified atom stereocenters. The van der Waals surface area contributed by atoms with Gasteiger partial charge in [-0.1, -0.05) is 18.2 Å². The van der Waals surface area contributed by atoms with Crippen LogP contribution < -0.4 is 5.32 Å². The Kier molecular flexibility index (Phi) is 11.9. The average Bonchev–Trinajstić information content (AvgIpc) is 2.59. The number of carboxylic acids is 1. The van der Waals surface area contributed by atoms with Crippen molar-refractivity contribution in [2.24, 2.45) is 0 Å². The van der Waals surface area contributed by atoms with Crippen molar-refractivity contribution in [1.82, 2.24) is 5.32 Å². The minimum absolute atomic E-state index is 0.326. The maximum atomic E-state index is 11.1. The van der Waals surface area contributed by atoms with Gasteiger partial charge in [0.05, 0.1) is 51.8 Å². The zero-order valence-corrected chi connectivity index (χ0v) is 14.2. The van der Waals surface area contributed by atoms with Crippen molar-refractivity contribution in [2.75, 3.05) is 59.9 Å². The molecular formula is C17H27NO6. The SMILES string of the molecule is COCCOCCOCCOCCNCc1ccccc1C(=O)O. The molecule has 0 aliphatic heterocycles. The number of ether oxygens (including phenoxy) is 4. The number of hydrogen-bond donors (Lipinski definition) is 2. The Labute approximate surface area is 142 Å². The van der Waals surface area contributed by atoms with E-state index in [9.17, 15) is 4.79 Å². The molecule has 2 N–H and O–H groups in total. The standard InChI is InChI=1S/C17H27NO6/c1-21-8-9-23-12-13-24-11-10-22-7-6-18-14-15-4-2-3-5-16(15)17(19)20/h2-5,18H,6-14H2,1H3,(H,19,20). The summed E-state index contributed by atoms with van der Waals surface area (Å²) in [6, 6.07) is 6.96. The van der Waals surface area contributed by atoms with Gasteiger partial charge in [-0.05, 0) is 11.6 Å². The molecule has 0 amide bonds. The van der Waals surface area contributed by atoms with Crippen LogP contribution in [0.5, 0.6) is 0 Å². The largest absolute Gasteiger partial charge is 0.478 e. The first-order valence-electron chi connectivity index (χ1n) is 7.99. The van der Waals surface area contributed by atoms with Crippen molar-refractivity contribution in [2.45, 2.75) is 6.54 Å². The van der Waals surface area contributed by atoms with E-state index in [0.29, 0.717) is 64.9 Å². The first-order chi connectivity index (χ1) is 11.8. The summed E-state index contributed by atoms with van der Waals surface area (Å²) >= 11 is 0. The highest BCUT2D eigenvalue weighted by atomic mass is 16.6. The molecule has 7 heteroatoms. The van der Waals surface area contributed by atoms with E-state index in [4.69, 9.17) is 24.1 Å². The molecule has 0 aliphatic carbocycles. The van der Waals surface area contributed by atoms with E-state index in [2.05, 4.69) is 5.32 Å². The van der Waals surface area contributed by atoms with E-state index in [0.717, 1.165) is 5.56 Å². The lowest BCUT2D eigenvalue weighted by atomic mass is 10.1. The number of rotatable bonds is 15. The predicted octanol–water partition coefficient (Wildman–Crippen LogP) is 1.17. The van der Waals surface area contributed by atoms with Crippen LogP contribution in [0.25, 0.3) is 0 Å². The molecule has 1 aromatic carbocycles. The molecule has 0 bridgehead atoms. The van der Waals surface area contributed by atoms with Crippen LogP contribution in [-0.4, -0.2) is 71.0 Å². The maximum Gasteiger partial charge on any atom is 0.336 e. The van der Waals surface area contributed by atoms with E-state index in [1.165, 1.54) is 0 Å². The molecule has 1 rings (SSSR count). The summed E-state index contributed by atoms with van der Waals surface area (Å²) in [4.78, 5) is 11.1. The highest BCUT2D eigenvalue weighted by Gasteiger charge is 2.07. The van der Waals surface area contributed by atoms with Gasteiger partial charge in [0.1, 0.15) is 0 Å². The van der Waals surface area contributed by atoms with Crippen LogP contribution in [-0.2, 0) is 25.5 Å². The summed E-state index contributed by atoms with van der Waals surface area (Å²) in [5, 5.41) is 12.3. The Bertz CT molecular complexity index is 454. The monoisotopic (exact) mass is 341 g/mol. The van der Waals surface area contributed by atoms with Crippen LogP contribution in [0.2, 0.25) is 0 Å². The molecule has 0 fully saturated rings. The lowest BCUT2D eigenvalue weighted by Crippen LogP contribution is -2.21. The van der Waals surface area contributed by atoms with Gasteiger partial charge in [-0.15, -0.1) is 0 Å². The molecule has 0 atom stereocenters. The van der Waals surface area contributed by atoms with Gasteiger partial charge in [0, 0.05) is 20.2 Å². The van der Waals surface area contributed by atoms with Gasteiger partial charge in [0.15, 0.2) is 0 Å². The van der Waals surface area contributed by atoms with E-state index >= 15 is 0 Å². The highest BCUT2D eigenvalue weighted by molar-refractivity contribution is 5.89. The van der Waals surface area contributed by atoms with Crippen LogP contribution in [0.3, 0.4) is 0 Å². The van der Waals surface area contributed by atoms with Crippen LogP contribution in [0.15, 0.2) is 24.3 Å². The third kappa shape index (κ3) is 9.59. The van der Waals surface area contributed by atoms with Crippen molar-refractivity contribution >= 4 is 5.97 Å². The first-order valence-corrected chi connectivity index (χ1v) is 7.99. The zero-order valence-electron chi connectivity index (χ0n) is 14.2. The number of hydrogen-bond acceptors (Lipinski definition) is 6. The van der Waals surface area contributed by atoms with Gasteiger partial charge in [-0.2, -0.15) is 0 Å². The molecule has 0 spiro atoms. The van der Waals surface area contributed by atoms with E-state index < -0.39 is 5.97 Å². The molecule has 24 heavy (non-hydrogen) atoms. The fourth-order valence-corrected chi connectivity index (χ4v) is 1.93. The summed E-state index contributed by atoms with van der Waals surface area (Å²) < 4.78 is 20.9. The van der Waals surface area contributed by atoms with Crippen LogP contribution in [0.1, 0.15) is 15.9 Å². The van der Waals surface area contributed by atoms with Crippen LogP contribution in [0.4, 0.5) is 0 Å². The molecule has 0 aliphatic rings. The average molecular weight is 341 g/mol. The normalized spacial score (nSPS) is 10.9. The zero-order chi connectivity index (χ0) is 17.5. The number of methoxy groups -OCH3 is 1. The topological polar surface area (TPSA) is 86.3 Å². The molecule has 0 aromatic heterocycles. The number of nitrogens with one attached hydrogen (secondary N) is 1. The van der Waals surface area contributed by atoms with Gasteiger partial charge in [-0.25, -0.2) is 4.79 Å². The molecule has 0 saturated heterocycles. The van der Waals surface area contributed by atoms with Crippen molar-refractivity contribution in [3.63, 3.8) is 0 Å². The summed E-state index contributed by atoms with van der Waals surface area (Å²) in [5.41, 5.74) is 1.09. The number of aromatic carboxylic acids is 1. The van der Waals surface area contributed by atoms with Gasteiger partial charge in [0.2, 0.25) is 0 Å². The summed E-state index contributed by atoms with van der Waals surface area (Å²) in [6.07, 6.45) is 0. The highest BCUT2D eigenvalue weighted by Crippen LogP contribution is 2.07. The Hall–Kier alpha value is -1.51. The van der Waals surface area contributed by atoms with Gasteiger partial charge < -0.3 is 29.4 Å². The predicted molar refractivity (Wildman–Crippen MR) is 89.4 cm³/mol. The Balaban J connectivity index is 1.93. The molecular weight excluding hydrogens is 314 g/mol. The van der Waals surface area contributed by atoms with E-state index in [1.807, 2.05) is 6.07 Å². The summed E-state index contributed by atoms with van der Waals surface area (Å²) in [5.74, 6) is -0.910. The second-order valence-corrected chi connectivity index (χ2v) is 4.97. The molecule has 0 heterocycles. The van der Waals surface area contributed by atoms with Crippen molar-refractivity contribution in [3.8, 4) is 0 Å². The van der Waals surface area contributed by atoms with Gasteiger partial charge in [-0.3, -0.25) is 0 Å².